The quantitative estimate of drug-likeness (QED) is 0.768. The molecule has 3 rings (SSSR count). The molecule has 146 valence electrons. The Bertz CT molecular complexity index is 872. The Morgan fingerprint density at radius 3 is 2.41 bits per heavy atom. The Hall–Kier alpha value is -1.89. The number of rotatable bonds is 6. The fourth-order valence-corrected chi connectivity index (χ4v) is 4.94. The van der Waals surface area contributed by atoms with Crippen molar-refractivity contribution in [2.45, 2.75) is 36.0 Å². The molecule has 2 unspecified atom stereocenters. The maximum atomic E-state index is 12.8. The van der Waals surface area contributed by atoms with Gasteiger partial charge in [0.1, 0.15) is 0 Å². The van der Waals surface area contributed by atoms with Crippen LogP contribution in [0.15, 0.2) is 59.5 Å². The molecule has 0 radical (unpaired) electrons. The molecule has 0 saturated heterocycles. The SMILES string of the molecule is Cl.NCC1CCCC1NC(=O)c1ccccc1CS(=O)(=O)c1ccccc1. The average molecular weight is 409 g/mol. The van der Waals surface area contributed by atoms with E-state index in [1.165, 1.54) is 0 Å². The lowest BCUT2D eigenvalue weighted by atomic mass is 10.0. The average Bonchev–Trinajstić information content (AvgIpc) is 3.09. The van der Waals surface area contributed by atoms with Crippen LogP contribution in [-0.4, -0.2) is 26.9 Å². The van der Waals surface area contributed by atoms with Gasteiger partial charge in [0, 0.05) is 11.6 Å². The van der Waals surface area contributed by atoms with Gasteiger partial charge in [-0.05, 0) is 49.1 Å². The molecule has 1 aliphatic rings. The molecule has 2 aromatic rings. The van der Waals surface area contributed by atoms with Crippen LogP contribution in [0.4, 0.5) is 0 Å². The minimum atomic E-state index is -3.51. The van der Waals surface area contributed by atoms with E-state index in [1.807, 2.05) is 0 Å². The van der Waals surface area contributed by atoms with Crippen LogP contribution in [0.25, 0.3) is 0 Å². The van der Waals surface area contributed by atoms with E-state index >= 15 is 0 Å². The van der Waals surface area contributed by atoms with Crippen LogP contribution in [0, 0.1) is 5.92 Å². The van der Waals surface area contributed by atoms with Gasteiger partial charge >= 0.3 is 0 Å². The molecule has 0 spiro atoms. The van der Waals surface area contributed by atoms with Gasteiger partial charge in [-0.3, -0.25) is 4.79 Å². The second kappa shape index (κ2) is 9.35. The number of hydrogen-bond acceptors (Lipinski definition) is 4. The zero-order valence-electron chi connectivity index (χ0n) is 15.0. The van der Waals surface area contributed by atoms with Gasteiger partial charge in [-0.2, -0.15) is 0 Å². The Kier molecular flexibility index (Phi) is 7.41. The van der Waals surface area contributed by atoms with Gasteiger partial charge in [0.25, 0.3) is 5.91 Å². The maximum Gasteiger partial charge on any atom is 0.251 e. The Balaban J connectivity index is 0.00000261. The summed E-state index contributed by atoms with van der Waals surface area (Å²) < 4.78 is 25.3. The second-order valence-corrected chi connectivity index (χ2v) is 8.73. The fourth-order valence-electron chi connectivity index (χ4n) is 3.54. The van der Waals surface area contributed by atoms with Crippen LogP contribution in [0.5, 0.6) is 0 Å². The van der Waals surface area contributed by atoms with Crippen molar-refractivity contribution in [3.63, 3.8) is 0 Å². The van der Waals surface area contributed by atoms with Gasteiger partial charge in [-0.25, -0.2) is 8.42 Å². The molecular formula is C20H25ClN2O3S. The van der Waals surface area contributed by atoms with Gasteiger partial charge in [-0.1, -0.05) is 42.8 Å². The first-order chi connectivity index (χ1) is 12.5. The molecule has 2 aromatic carbocycles. The normalized spacial score (nSPS) is 19.3. The van der Waals surface area contributed by atoms with E-state index in [1.54, 1.807) is 54.6 Å². The summed E-state index contributed by atoms with van der Waals surface area (Å²) in [4.78, 5) is 13.0. The third-order valence-corrected chi connectivity index (χ3v) is 6.67. The van der Waals surface area contributed by atoms with Crippen molar-refractivity contribution in [1.82, 2.24) is 5.32 Å². The molecule has 2 atom stereocenters. The first-order valence-electron chi connectivity index (χ1n) is 8.88. The maximum absolute atomic E-state index is 12.8. The number of nitrogens with one attached hydrogen (secondary N) is 1. The lowest BCUT2D eigenvalue weighted by Gasteiger charge is -2.20. The van der Waals surface area contributed by atoms with Crippen molar-refractivity contribution >= 4 is 28.2 Å². The highest BCUT2D eigenvalue weighted by Crippen LogP contribution is 2.25. The molecule has 1 saturated carbocycles. The highest BCUT2D eigenvalue weighted by atomic mass is 35.5. The van der Waals surface area contributed by atoms with Crippen molar-refractivity contribution in [2.75, 3.05) is 6.54 Å². The van der Waals surface area contributed by atoms with Crippen LogP contribution in [0.2, 0.25) is 0 Å². The molecule has 0 aromatic heterocycles. The summed E-state index contributed by atoms with van der Waals surface area (Å²) in [7, 11) is -3.51. The molecule has 0 heterocycles. The molecule has 1 amide bonds. The molecule has 1 fully saturated rings. The lowest BCUT2D eigenvalue weighted by molar-refractivity contribution is 0.0928. The summed E-state index contributed by atoms with van der Waals surface area (Å²) in [5.41, 5.74) is 6.71. The number of amides is 1. The molecule has 0 bridgehead atoms. The van der Waals surface area contributed by atoms with Crippen molar-refractivity contribution in [3.05, 3.63) is 65.7 Å². The van der Waals surface area contributed by atoms with Crippen molar-refractivity contribution < 1.29 is 13.2 Å². The van der Waals surface area contributed by atoms with Gasteiger partial charge in [-0.15, -0.1) is 12.4 Å². The van der Waals surface area contributed by atoms with E-state index in [0.29, 0.717) is 23.6 Å². The van der Waals surface area contributed by atoms with E-state index in [2.05, 4.69) is 5.32 Å². The standard InChI is InChI=1S/C20H24N2O3S.ClH/c21-13-15-8-6-12-19(15)22-20(23)18-11-5-4-7-16(18)14-26(24,25)17-9-2-1-3-10-17;/h1-5,7,9-11,15,19H,6,8,12-14,21H2,(H,22,23);1H. The highest BCUT2D eigenvalue weighted by molar-refractivity contribution is 7.90. The summed E-state index contributed by atoms with van der Waals surface area (Å²) in [5, 5.41) is 3.05. The predicted octanol–water partition coefficient (Wildman–Crippen LogP) is 2.94. The van der Waals surface area contributed by atoms with Crippen molar-refractivity contribution in [3.8, 4) is 0 Å². The van der Waals surface area contributed by atoms with Crippen LogP contribution >= 0.6 is 12.4 Å². The lowest BCUT2D eigenvalue weighted by Crippen LogP contribution is -2.40. The minimum Gasteiger partial charge on any atom is -0.349 e. The Morgan fingerprint density at radius 2 is 1.70 bits per heavy atom. The monoisotopic (exact) mass is 408 g/mol. The topological polar surface area (TPSA) is 89.3 Å². The van der Waals surface area contributed by atoms with Gasteiger partial charge in [0.15, 0.2) is 9.84 Å². The molecule has 7 heteroatoms. The molecule has 1 aliphatic carbocycles. The Labute approximate surface area is 166 Å². The van der Waals surface area contributed by atoms with Crippen molar-refractivity contribution in [1.29, 1.82) is 0 Å². The highest BCUT2D eigenvalue weighted by Gasteiger charge is 2.28. The fraction of sp³-hybridized carbons (Fsp3) is 0.350. The molecule has 3 N–H and O–H groups in total. The molecule has 0 aliphatic heterocycles. The molecule has 27 heavy (non-hydrogen) atoms. The number of carbonyl (C=O) groups excluding carboxylic acids is 1. The largest absolute Gasteiger partial charge is 0.349 e. The summed E-state index contributed by atoms with van der Waals surface area (Å²) in [5.74, 6) is -0.139. The van der Waals surface area contributed by atoms with E-state index in [-0.39, 0.29) is 35.0 Å². The summed E-state index contributed by atoms with van der Waals surface area (Å²) in [6, 6.07) is 15.2. The smallest absolute Gasteiger partial charge is 0.251 e. The third kappa shape index (κ3) is 5.09. The Morgan fingerprint density at radius 1 is 1.04 bits per heavy atom. The van der Waals surface area contributed by atoms with Crippen molar-refractivity contribution in [2.24, 2.45) is 11.7 Å². The van der Waals surface area contributed by atoms with E-state index in [9.17, 15) is 13.2 Å². The zero-order chi connectivity index (χ0) is 18.6. The van der Waals surface area contributed by atoms with Gasteiger partial charge < -0.3 is 11.1 Å². The predicted molar refractivity (Wildman–Crippen MR) is 109 cm³/mol. The van der Waals surface area contributed by atoms with Gasteiger partial charge in [0.05, 0.1) is 10.6 Å². The van der Waals surface area contributed by atoms with Gasteiger partial charge in [0.2, 0.25) is 0 Å². The number of benzene rings is 2. The first-order valence-corrected chi connectivity index (χ1v) is 10.5. The summed E-state index contributed by atoms with van der Waals surface area (Å²) in [6.45, 7) is 0.551. The minimum absolute atomic E-state index is 0. The third-order valence-electron chi connectivity index (χ3n) is 4.99. The van der Waals surface area contributed by atoms with E-state index in [0.717, 1.165) is 19.3 Å². The molecular weight excluding hydrogens is 384 g/mol. The molecule has 5 nitrogen and oxygen atoms in total. The van der Waals surface area contributed by atoms with Crippen LogP contribution < -0.4 is 11.1 Å². The number of sulfone groups is 1. The van der Waals surface area contributed by atoms with Crippen LogP contribution in [0.3, 0.4) is 0 Å². The summed E-state index contributed by atoms with van der Waals surface area (Å²) >= 11 is 0. The summed E-state index contributed by atoms with van der Waals surface area (Å²) in [6.07, 6.45) is 2.99. The van der Waals surface area contributed by atoms with E-state index in [4.69, 9.17) is 5.73 Å². The second-order valence-electron chi connectivity index (χ2n) is 6.74. The number of carbonyl (C=O) groups is 1. The van der Waals surface area contributed by atoms with Crippen LogP contribution in [0.1, 0.15) is 35.2 Å². The zero-order valence-corrected chi connectivity index (χ0v) is 16.6. The van der Waals surface area contributed by atoms with E-state index < -0.39 is 9.84 Å². The number of nitrogens with two attached hydrogens (primary N) is 1. The number of halogens is 1. The first kappa shape index (κ1) is 21.4. The van der Waals surface area contributed by atoms with Crippen LogP contribution in [-0.2, 0) is 15.6 Å². The number of hydrogen-bond donors (Lipinski definition) is 2.